The molecule has 2 rings (SSSR count). The van der Waals surface area contributed by atoms with Crippen molar-refractivity contribution in [1.29, 1.82) is 0 Å². The maximum absolute atomic E-state index is 12.3. The molecule has 7 heteroatoms. The first-order valence-electron chi connectivity index (χ1n) is 9.69. The summed E-state index contributed by atoms with van der Waals surface area (Å²) in [7, 11) is 0. The highest BCUT2D eigenvalue weighted by atomic mass is 16.5. The molecule has 0 saturated heterocycles. The third-order valence-corrected chi connectivity index (χ3v) is 4.60. The van der Waals surface area contributed by atoms with Crippen molar-refractivity contribution in [2.75, 3.05) is 6.61 Å². The molecule has 2 aromatic rings. The number of ether oxygens (including phenoxy) is 1. The van der Waals surface area contributed by atoms with Gasteiger partial charge < -0.3 is 9.26 Å². The van der Waals surface area contributed by atoms with Gasteiger partial charge in [-0.15, -0.1) is 0 Å². The topological polar surface area (TPSA) is 93.5 Å². The molecule has 152 valence electrons. The second-order valence-corrected chi connectivity index (χ2v) is 6.84. The Morgan fingerprint density at radius 3 is 2.43 bits per heavy atom. The molecule has 2 N–H and O–H groups in total. The molecule has 28 heavy (non-hydrogen) atoms. The SMILES string of the molecule is CCCCCCOc1ccc(C(=O)NNC(=O)C(C)c2c(C)noc2C)cc1. The van der Waals surface area contributed by atoms with Crippen LogP contribution in [0, 0.1) is 13.8 Å². The molecule has 1 unspecified atom stereocenters. The van der Waals surface area contributed by atoms with Crippen LogP contribution in [-0.2, 0) is 4.79 Å². The summed E-state index contributed by atoms with van der Waals surface area (Å²) in [6.07, 6.45) is 4.58. The number of nitrogens with one attached hydrogen (secondary N) is 2. The number of hydrogen-bond acceptors (Lipinski definition) is 5. The van der Waals surface area contributed by atoms with E-state index in [1.165, 1.54) is 12.8 Å². The number of rotatable bonds is 9. The van der Waals surface area contributed by atoms with Crippen LogP contribution in [0.1, 0.15) is 72.8 Å². The smallest absolute Gasteiger partial charge is 0.269 e. The third-order valence-electron chi connectivity index (χ3n) is 4.60. The van der Waals surface area contributed by atoms with Gasteiger partial charge in [0, 0.05) is 11.1 Å². The van der Waals surface area contributed by atoms with Crippen LogP contribution >= 0.6 is 0 Å². The highest BCUT2D eigenvalue weighted by molar-refractivity contribution is 5.96. The summed E-state index contributed by atoms with van der Waals surface area (Å²) in [5.74, 6) is 0.0968. The lowest BCUT2D eigenvalue weighted by Gasteiger charge is -2.13. The second kappa shape index (κ2) is 10.5. The van der Waals surface area contributed by atoms with Gasteiger partial charge in [-0.25, -0.2) is 0 Å². The average Bonchev–Trinajstić information content (AvgIpc) is 3.03. The van der Waals surface area contributed by atoms with Gasteiger partial charge in [0.1, 0.15) is 11.5 Å². The Labute approximate surface area is 165 Å². The van der Waals surface area contributed by atoms with Crippen molar-refractivity contribution in [2.45, 2.75) is 59.3 Å². The molecule has 0 spiro atoms. The average molecular weight is 387 g/mol. The van der Waals surface area contributed by atoms with Crippen molar-refractivity contribution < 1.29 is 18.8 Å². The van der Waals surface area contributed by atoms with Gasteiger partial charge in [-0.2, -0.15) is 0 Å². The number of carbonyl (C=O) groups excluding carboxylic acids is 2. The van der Waals surface area contributed by atoms with Gasteiger partial charge in [0.2, 0.25) is 5.91 Å². The minimum atomic E-state index is -0.491. The zero-order chi connectivity index (χ0) is 20.5. The first kappa shape index (κ1) is 21.5. The van der Waals surface area contributed by atoms with Crippen LogP contribution in [0.2, 0.25) is 0 Å². The summed E-state index contributed by atoms with van der Waals surface area (Å²) < 4.78 is 10.8. The molecule has 0 radical (unpaired) electrons. The van der Waals surface area contributed by atoms with Crippen molar-refractivity contribution in [1.82, 2.24) is 16.0 Å². The third kappa shape index (κ3) is 5.84. The van der Waals surface area contributed by atoms with Crippen molar-refractivity contribution in [3.8, 4) is 5.75 Å². The standard InChI is InChI=1S/C21H29N3O4/c1-5-6-7-8-13-27-18-11-9-17(10-12-18)21(26)23-22-20(25)14(2)19-15(3)24-28-16(19)4/h9-12,14H,5-8,13H2,1-4H3,(H,22,25)(H,23,26). The minimum absolute atomic E-state index is 0.338. The van der Waals surface area contributed by atoms with Crippen LogP contribution in [0.25, 0.3) is 0 Å². The number of aryl methyl sites for hydroxylation is 2. The molecule has 0 aliphatic rings. The Morgan fingerprint density at radius 2 is 1.82 bits per heavy atom. The fourth-order valence-electron chi connectivity index (χ4n) is 2.96. The van der Waals surface area contributed by atoms with E-state index in [-0.39, 0.29) is 5.91 Å². The van der Waals surface area contributed by atoms with Crippen LogP contribution in [0.5, 0.6) is 5.75 Å². The van der Waals surface area contributed by atoms with Gasteiger partial charge >= 0.3 is 0 Å². The largest absolute Gasteiger partial charge is 0.494 e. The number of carbonyl (C=O) groups is 2. The zero-order valence-electron chi connectivity index (χ0n) is 17.0. The van der Waals surface area contributed by atoms with E-state index >= 15 is 0 Å². The molecular formula is C21H29N3O4. The number of hydrazine groups is 1. The van der Waals surface area contributed by atoms with Crippen LogP contribution in [0.15, 0.2) is 28.8 Å². The normalized spacial score (nSPS) is 11.7. The number of amides is 2. The Morgan fingerprint density at radius 1 is 1.11 bits per heavy atom. The first-order chi connectivity index (χ1) is 13.4. The second-order valence-electron chi connectivity index (χ2n) is 6.84. The predicted octanol–water partition coefficient (Wildman–Crippen LogP) is 3.82. The lowest BCUT2D eigenvalue weighted by atomic mass is 9.99. The van der Waals surface area contributed by atoms with E-state index in [1.807, 2.05) is 0 Å². The van der Waals surface area contributed by atoms with Crippen molar-refractivity contribution in [2.24, 2.45) is 0 Å². The van der Waals surface area contributed by atoms with E-state index in [2.05, 4.69) is 22.9 Å². The molecular weight excluding hydrogens is 358 g/mol. The van der Waals surface area contributed by atoms with Gasteiger partial charge in [0.25, 0.3) is 5.91 Å². The van der Waals surface area contributed by atoms with Crippen molar-refractivity contribution in [3.05, 3.63) is 46.8 Å². The number of nitrogens with zero attached hydrogens (tertiary/aromatic N) is 1. The maximum atomic E-state index is 12.3. The highest BCUT2D eigenvalue weighted by Gasteiger charge is 2.23. The van der Waals surface area contributed by atoms with Gasteiger partial charge in [-0.3, -0.25) is 20.4 Å². The highest BCUT2D eigenvalue weighted by Crippen LogP contribution is 2.22. The lowest BCUT2D eigenvalue weighted by molar-refractivity contribution is -0.123. The van der Waals surface area contributed by atoms with Crippen LogP contribution in [-0.4, -0.2) is 23.6 Å². The van der Waals surface area contributed by atoms with Gasteiger partial charge in [0.05, 0.1) is 18.2 Å². The molecule has 1 heterocycles. The quantitative estimate of drug-likeness (QED) is 0.504. The van der Waals surface area contributed by atoms with E-state index in [9.17, 15) is 9.59 Å². The number of hydrogen-bond donors (Lipinski definition) is 2. The summed E-state index contributed by atoms with van der Waals surface area (Å²) in [4.78, 5) is 24.6. The first-order valence-corrected chi connectivity index (χ1v) is 9.69. The van der Waals surface area contributed by atoms with E-state index in [0.29, 0.717) is 23.6 Å². The molecule has 1 aromatic heterocycles. The van der Waals surface area contributed by atoms with E-state index in [0.717, 1.165) is 24.2 Å². The molecule has 1 aromatic carbocycles. The Hall–Kier alpha value is -2.83. The molecule has 0 saturated carbocycles. The summed E-state index contributed by atoms with van der Waals surface area (Å²) in [6, 6.07) is 6.84. The fourth-order valence-corrected chi connectivity index (χ4v) is 2.96. The number of unbranched alkanes of at least 4 members (excludes halogenated alkanes) is 3. The van der Waals surface area contributed by atoms with E-state index < -0.39 is 11.8 Å². The Kier molecular flexibility index (Phi) is 8.04. The van der Waals surface area contributed by atoms with E-state index in [4.69, 9.17) is 9.26 Å². The molecule has 0 aliphatic heterocycles. The molecule has 7 nitrogen and oxygen atoms in total. The van der Waals surface area contributed by atoms with Crippen LogP contribution in [0.4, 0.5) is 0 Å². The molecule has 0 aliphatic carbocycles. The monoisotopic (exact) mass is 387 g/mol. The maximum Gasteiger partial charge on any atom is 0.269 e. The van der Waals surface area contributed by atoms with Gasteiger partial charge in [0.15, 0.2) is 0 Å². The van der Waals surface area contributed by atoms with E-state index in [1.54, 1.807) is 45.0 Å². The molecule has 0 fully saturated rings. The van der Waals surface area contributed by atoms with Crippen LogP contribution < -0.4 is 15.6 Å². The number of aromatic nitrogens is 1. The molecule has 1 atom stereocenters. The fraction of sp³-hybridized carbons (Fsp3) is 0.476. The summed E-state index contributed by atoms with van der Waals surface area (Å²) >= 11 is 0. The lowest BCUT2D eigenvalue weighted by Crippen LogP contribution is -2.43. The van der Waals surface area contributed by atoms with Gasteiger partial charge in [-0.1, -0.05) is 31.3 Å². The Balaban J connectivity index is 1.81. The predicted molar refractivity (Wildman–Crippen MR) is 106 cm³/mol. The Bertz CT molecular complexity index is 764. The van der Waals surface area contributed by atoms with Crippen molar-refractivity contribution >= 4 is 11.8 Å². The molecule has 0 bridgehead atoms. The zero-order valence-corrected chi connectivity index (χ0v) is 17.0. The van der Waals surface area contributed by atoms with Gasteiger partial charge in [-0.05, 0) is 51.5 Å². The minimum Gasteiger partial charge on any atom is -0.494 e. The molecule has 2 amide bonds. The van der Waals surface area contributed by atoms with Crippen molar-refractivity contribution in [3.63, 3.8) is 0 Å². The summed E-state index contributed by atoms with van der Waals surface area (Å²) in [5.41, 5.74) is 6.72. The van der Waals surface area contributed by atoms with Crippen LogP contribution in [0.3, 0.4) is 0 Å². The summed E-state index contributed by atoms with van der Waals surface area (Å²) in [5, 5.41) is 3.85. The number of benzene rings is 1. The summed E-state index contributed by atoms with van der Waals surface area (Å²) in [6.45, 7) is 8.11.